The molecule has 4 rings (SSSR count). The van der Waals surface area contributed by atoms with Crippen LogP contribution in [0.5, 0.6) is 11.6 Å². The lowest BCUT2D eigenvalue weighted by Crippen LogP contribution is -2.19. The molecule has 0 radical (unpaired) electrons. The Bertz CT molecular complexity index is 1050. The molecule has 0 bridgehead atoms. The number of aromatic nitrogens is 2. The van der Waals surface area contributed by atoms with Crippen LogP contribution >= 0.6 is 0 Å². The average Bonchev–Trinajstić information content (AvgIpc) is 3.28. The Kier molecular flexibility index (Phi) is 5.46. The van der Waals surface area contributed by atoms with Crippen molar-refractivity contribution < 1.29 is 31.7 Å². The second kappa shape index (κ2) is 7.84. The number of hydroxylamine groups is 1. The van der Waals surface area contributed by atoms with Crippen molar-refractivity contribution in [2.24, 2.45) is 0 Å². The number of fused-ring (bicyclic) bond motifs is 1. The van der Waals surface area contributed by atoms with Gasteiger partial charge in [0.2, 0.25) is 18.0 Å². The van der Waals surface area contributed by atoms with Crippen LogP contribution in [-0.4, -0.2) is 10.9 Å². The molecule has 1 N–H and O–H groups in total. The SMILES string of the molecule is Cc1cc(F)ccc1Oc1ncc(C(F)(F)F)cc1C(=O)N[O-].c1cc2c[n+]-2c1. The number of carbonyl (C=O) groups is 1. The zero-order valence-electron chi connectivity index (χ0n) is 14.8. The fourth-order valence-electron chi connectivity index (χ4n) is 2.34. The number of pyridine rings is 2. The second-order valence-electron chi connectivity index (χ2n) is 5.99. The predicted molar refractivity (Wildman–Crippen MR) is 92.8 cm³/mol. The van der Waals surface area contributed by atoms with Crippen molar-refractivity contribution in [1.82, 2.24) is 10.5 Å². The zero-order chi connectivity index (χ0) is 21.2. The molecule has 0 saturated heterocycles. The lowest BCUT2D eigenvalue weighted by molar-refractivity contribution is -0.518. The van der Waals surface area contributed by atoms with E-state index in [1.54, 1.807) is 0 Å². The lowest BCUT2D eigenvalue weighted by atomic mass is 10.1. The van der Waals surface area contributed by atoms with Gasteiger partial charge >= 0.3 is 6.18 Å². The third-order valence-corrected chi connectivity index (χ3v) is 3.87. The van der Waals surface area contributed by atoms with Gasteiger partial charge in [-0.3, -0.25) is 4.79 Å². The molecule has 0 saturated carbocycles. The molecule has 2 aliphatic rings. The minimum atomic E-state index is -4.74. The predicted octanol–water partition coefficient (Wildman–Crippen LogP) is 3.84. The number of aryl methyl sites for hydroxylation is 1. The quantitative estimate of drug-likeness (QED) is 0.318. The fourth-order valence-corrected chi connectivity index (χ4v) is 2.34. The minimum absolute atomic E-state index is 0.0820. The van der Waals surface area contributed by atoms with Crippen molar-refractivity contribution in [3.05, 3.63) is 82.7 Å². The lowest BCUT2D eigenvalue weighted by Gasteiger charge is -2.15. The highest BCUT2D eigenvalue weighted by Crippen LogP contribution is 2.33. The fraction of sp³-hybridized carbons (Fsp3) is 0.105. The van der Waals surface area contributed by atoms with Gasteiger partial charge in [-0.25, -0.2) is 9.37 Å². The first-order valence-corrected chi connectivity index (χ1v) is 8.14. The third-order valence-electron chi connectivity index (χ3n) is 3.87. The number of hydrogen-bond donors (Lipinski definition) is 1. The van der Waals surface area contributed by atoms with Gasteiger partial charge in [0.05, 0.1) is 5.56 Å². The minimum Gasteiger partial charge on any atom is -0.759 e. The molecule has 29 heavy (non-hydrogen) atoms. The molecule has 6 nitrogen and oxygen atoms in total. The van der Waals surface area contributed by atoms with Crippen LogP contribution in [0, 0.1) is 17.9 Å². The van der Waals surface area contributed by atoms with Gasteiger partial charge in [0, 0.05) is 18.3 Å². The standard InChI is InChI=1S/C14H9F4N2O3.C5H4N/c1-7-4-9(15)2-3-11(7)23-13-10(12(21)20-22)5-8(6-19-13)14(16,17)18;1-2-5-4-6(5)3-1/h2-6H,1H3,(H-,20,21,22);1-4H/q-1;+1. The van der Waals surface area contributed by atoms with Gasteiger partial charge in [-0.2, -0.15) is 17.7 Å². The summed E-state index contributed by atoms with van der Waals surface area (Å²) in [6.07, 6.45) is -0.152. The number of halogens is 4. The first-order chi connectivity index (χ1) is 13.7. The van der Waals surface area contributed by atoms with Gasteiger partial charge in [-0.05, 0) is 36.8 Å². The molecule has 0 unspecified atom stereocenters. The Morgan fingerprint density at radius 3 is 2.48 bits per heavy atom. The van der Waals surface area contributed by atoms with Crippen molar-refractivity contribution in [3.63, 3.8) is 0 Å². The molecule has 0 spiro atoms. The van der Waals surface area contributed by atoms with E-state index in [9.17, 15) is 27.6 Å². The van der Waals surface area contributed by atoms with E-state index in [0.717, 1.165) is 17.6 Å². The van der Waals surface area contributed by atoms with Gasteiger partial charge in [0.25, 0.3) is 5.69 Å². The topological polar surface area (TPSA) is 78.2 Å². The molecule has 1 amide bonds. The number of benzene rings is 1. The largest absolute Gasteiger partial charge is 0.759 e. The Hall–Kier alpha value is -3.53. The number of hydrogen-bond acceptors (Lipinski definition) is 4. The van der Waals surface area contributed by atoms with Crippen LogP contribution in [0.25, 0.3) is 5.69 Å². The van der Waals surface area contributed by atoms with Crippen molar-refractivity contribution in [3.8, 4) is 17.3 Å². The molecular formula is C19H13F4N3O3. The maximum Gasteiger partial charge on any atom is 0.417 e. The summed E-state index contributed by atoms with van der Waals surface area (Å²) in [5.41, 5.74) is 0.759. The Labute approximate surface area is 162 Å². The molecule has 1 aromatic carbocycles. The highest BCUT2D eigenvalue weighted by atomic mass is 19.4. The number of alkyl halides is 3. The van der Waals surface area contributed by atoms with Gasteiger partial charge in [0.15, 0.2) is 6.20 Å². The highest BCUT2D eigenvalue weighted by Gasteiger charge is 2.32. The molecule has 0 aliphatic carbocycles. The van der Waals surface area contributed by atoms with Gasteiger partial charge in [-0.15, -0.1) is 0 Å². The zero-order valence-corrected chi connectivity index (χ0v) is 14.8. The van der Waals surface area contributed by atoms with E-state index in [0.29, 0.717) is 17.8 Å². The first kappa shape index (κ1) is 20.2. The van der Waals surface area contributed by atoms with Gasteiger partial charge < -0.3 is 15.4 Å². The highest BCUT2D eigenvalue weighted by molar-refractivity contribution is 5.96. The monoisotopic (exact) mass is 407 g/mol. The summed E-state index contributed by atoms with van der Waals surface area (Å²) in [4.78, 5) is 14.9. The van der Waals surface area contributed by atoms with Crippen molar-refractivity contribution in [1.29, 1.82) is 0 Å². The summed E-state index contributed by atoms with van der Waals surface area (Å²) in [7, 11) is 0. The number of nitrogens with one attached hydrogen (secondary N) is 1. The summed E-state index contributed by atoms with van der Waals surface area (Å²) < 4.78 is 58.4. The van der Waals surface area contributed by atoms with Crippen LogP contribution in [0.3, 0.4) is 0 Å². The van der Waals surface area contributed by atoms with E-state index in [1.165, 1.54) is 18.7 Å². The Morgan fingerprint density at radius 2 is 2.00 bits per heavy atom. The summed E-state index contributed by atoms with van der Waals surface area (Å²) in [5.74, 6) is -2.29. The molecule has 2 aliphatic heterocycles. The normalized spacial score (nSPS) is 11.2. The van der Waals surface area contributed by atoms with Crippen molar-refractivity contribution in [2.75, 3.05) is 0 Å². The number of nitrogens with zero attached hydrogens (tertiary/aromatic N) is 2. The molecule has 0 fully saturated rings. The van der Waals surface area contributed by atoms with Crippen molar-refractivity contribution in [2.45, 2.75) is 13.1 Å². The average molecular weight is 407 g/mol. The molecule has 0 atom stereocenters. The molecular weight excluding hydrogens is 394 g/mol. The molecule has 3 heterocycles. The third kappa shape index (κ3) is 4.85. The van der Waals surface area contributed by atoms with Gasteiger partial charge in [0.1, 0.15) is 17.1 Å². The molecule has 150 valence electrons. The number of rotatable bonds is 3. The van der Waals surface area contributed by atoms with E-state index in [2.05, 4.69) is 21.8 Å². The molecule has 1 aromatic heterocycles. The Morgan fingerprint density at radius 1 is 1.24 bits per heavy atom. The Balaban J connectivity index is 0.000000334. The van der Waals surface area contributed by atoms with Crippen LogP contribution in [0.1, 0.15) is 21.5 Å². The summed E-state index contributed by atoms with van der Waals surface area (Å²) in [6, 6.07) is 8.00. The van der Waals surface area contributed by atoms with Crippen LogP contribution < -0.4 is 14.8 Å². The van der Waals surface area contributed by atoms with Crippen LogP contribution in [0.2, 0.25) is 0 Å². The van der Waals surface area contributed by atoms with E-state index in [-0.39, 0.29) is 5.75 Å². The molecule has 10 heteroatoms. The van der Waals surface area contributed by atoms with E-state index in [4.69, 9.17) is 4.74 Å². The maximum atomic E-state index is 13.0. The van der Waals surface area contributed by atoms with Crippen LogP contribution in [-0.2, 0) is 6.18 Å². The van der Waals surface area contributed by atoms with Gasteiger partial charge in [-0.1, -0.05) is 0 Å². The number of ether oxygens (including phenoxy) is 1. The second-order valence-corrected chi connectivity index (χ2v) is 5.99. The van der Waals surface area contributed by atoms with Crippen molar-refractivity contribution >= 4 is 5.91 Å². The van der Waals surface area contributed by atoms with E-state index >= 15 is 0 Å². The summed E-state index contributed by atoms with van der Waals surface area (Å²) in [5, 5.41) is 10.5. The van der Waals surface area contributed by atoms with E-state index < -0.39 is 34.9 Å². The van der Waals surface area contributed by atoms with E-state index in [1.807, 2.05) is 12.3 Å². The summed E-state index contributed by atoms with van der Waals surface area (Å²) >= 11 is 0. The first-order valence-electron chi connectivity index (χ1n) is 8.14. The number of carbonyl (C=O) groups excluding carboxylic acids is 1. The number of amides is 1. The maximum absolute atomic E-state index is 13.0. The smallest absolute Gasteiger partial charge is 0.417 e. The van der Waals surface area contributed by atoms with Crippen LogP contribution in [0.4, 0.5) is 17.6 Å². The molecule has 2 aromatic rings. The van der Waals surface area contributed by atoms with Crippen LogP contribution in [0.15, 0.2) is 55.0 Å². The summed E-state index contributed by atoms with van der Waals surface area (Å²) in [6.45, 7) is 1.50.